The van der Waals surface area contributed by atoms with E-state index in [0.717, 1.165) is 12.0 Å². The predicted octanol–water partition coefficient (Wildman–Crippen LogP) is 2.82. The molecule has 1 aromatic rings. The second-order valence-corrected chi connectivity index (χ2v) is 5.79. The molecular formula is C11H18N2S. The van der Waals surface area contributed by atoms with Crippen LogP contribution in [0.15, 0.2) is 0 Å². The summed E-state index contributed by atoms with van der Waals surface area (Å²) in [6.07, 6.45) is 1.33. The van der Waals surface area contributed by atoms with Crippen molar-refractivity contribution in [3.05, 3.63) is 15.6 Å². The third-order valence-corrected chi connectivity index (χ3v) is 3.83. The van der Waals surface area contributed by atoms with Gasteiger partial charge in [-0.3, -0.25) is 0 Å². The van der Waals surface area contributed by atoms with Crippen molar-refractivity contribution in [1.29, 1.82) is 0 Å². The Morgan fingerprint density at radius 1 is 1.50 bits per heavy atom. The molecule has 14 heavy (non-hydrogen) atoms. The molecule has 0 bridgehead atoms. The average Bonchev–Trinajstić information content (AvgIpc) is 2.64. The summed E-state index contributed by atoms with van der Waals surface area (Å²) in [6, 6.07) is 1.14. The molecule has 3 atom stereocenters. The van der Waals surface area contributed by atoms with Gasteiger partial charge < -0.3 is 5.32 Å². The predicted molar refractivity (Wildman–Crippen MR) is 60.7 cm³/mol. The van der Waals surface area contributed by atoms with Crippen LogP contribution >= 0.6 is 11.3 Å². The highest BCUT2D eigenvalue weighted by Crippen LogP contribution is 2.32. The number of thiazole rings is 1. The molecule has 1 aromatic heterocycles. The normalized spacial score (nSPS) is 27.7. The lowest BCUT2D eigenvalue weighted by Crippen LogP contribution is -2.22. The van der Waals surface area contributed by atoms with E-state index >= 15 is 0 Å². The summed E-state index contributed by atoms with van der Waals surface area (Å²) in [7, 11) is 0. The zero-order valence-electron chi connectivity index (χ0n) is 9.29. The minimum Gasteiger partial charge on any atom is -0.306 e. The van der Waals surface area contributed by atoms with Gasteiger partial charge in [0, 0.05) is 17.0 Å². The van der Waals surface area contributed by atoms with Gasteiger partial charge in [-0.25, -0.2) is 4.98 Å². The first-order valence-electron chi connectivity index (χ1n) is 5.28. The minimum absolute atomic E-state index is 0.412. The molecule has 0 aliphatic heterocycles. The molecule has 3 heteroatoms. The molecule has 0 spiro atoms. The van der Waals surface area contributed by atoms with Gasteiger partial charge in [0.1, 0.15) is 0 Å². The van der Waals surface area contributed by atoms with Crippen LogP contribution in [-0.4, -0.2) is 11.0 Å². The summed E-state index contributed by atoms with van der Waals surface area (Å²) in [6.45, 7) is 8.75. The molecule has 0 radical (unpaired) electrons. The number of rotatable bonds is 3. The van der Waals surface area contributed by atoms with Gasteiger partial charge in [-0.2, -0.15) is 0 Å². The van der Waals surface area contributed by atoms with Gasteiger partial charge in [0.25, 0.3) is 0 Å². The van der Waals surface area contributed by atoms with Gasteiger partial charge in [0.15, 0.2) is 0 Å². The highest BCUT2D eigenvalue weighted by atomic mass is 32.1. The van der Waals surface area contributed by atoms with Crippen molar-refractivity contribution in [2.45, 2.75) is 46.2 Å². The van der Waals surface area contributed by atoms with Crippen LogP contribution in [0.1, 0.15) is 41.9 Å². The number of aryl methyl sites for hydroxylation is 2. The van der Waals surface area contributed by atoms with Crippen molar-refractivity contribution >= 4 is 11.3 Å². The summed E-state index contributed by atoms with van der Waals surface area (Å²) in [5, 5.41) is 4.79. The van der Waals surface area contributed by atoms with Crippen molar-refractivity contribution in [1.82, 2.24) is 10.3 Å². The molecule has 78 valence electrons. The van der Waals surface area contributed by atoms with Crippen molar-refractivity contribution in [3.63, 3.8) is 0 Å². The van der Waals surface area contributed by atoms with E-state index in [-0.39, 0.29) is 0 Å². The zero-order valence-corrected chi connectivity index (χ0v) is 10.1. The van der Waals surface area contributed by atoms with Gasteiger partial charge in [0.05, 0.1) is 10.7 Å². The van der Waals surface area contributed by atoms with Crippen LogP contribution < -0.4 is 5.32 Å². The van der Waals surface area contributed by atoms with Gasteiger partial charge in [0.2, 0.25) is 0 Å². The lowest BCUT2D eigenvalue weighted by atomic mass is 10.2. The Balaban J connectivity index is 2.03. The fraction of sp³-hybridized carbons (Fsp3) is 0.727. The van der Waals surface area contributed by atoms with Gasteiger partial charge >= 0.3 is 0 Å². The molecule has 3 unspecified atom stereocenters. The first-order chi connectivity index (χ1) is 6.58. The van der Waals surface area contributed by atoms with Crippen molar-refractivity contribution < 1.29 is 0 Å². The fourth-order valence-corrected chi connectivity index (χ4v) is 2.82. The fourth-order valence-electron chi connectivity index (χ4n) is 1.90. The zero-order chi connectivity index (χ0) is 10.3. The highest BCUT2D eigenvalue weighted by molar-refractivity contribution is 7.11. The molecular weight excluding hydrogens is 192 g/mol. The summed E-state index contributed by atoms with van der Waals surface area (Å²) in [5.74, 6) is 0.859. The first kappa shape index (κ1) is 10.1. The number of aromatic nitrogens is 1. The summed E-state index contributed by atoms with van der Waals surface area (Å²) < 4.78 is 0. The molecule has 1 fully saturated rings. The van der Waals surface area contributed by atoms with E-state index < -0.39 is 0 Å². The smallest absolute Gasteiger partial charge is 0.0900 e. The Morgan fingerprint density at radius 2 is 2.14 bits per heavy atom. The van der Waals surface area contributed by atoms with Crippen LogP contribution in [0.25, 0.3) is 0 Å². The van der Waals surface area contributed by atoms with E-state index in [4.69, 9.17) is 0 Å². The van der Waals surface area contributed by atoms with Crippen LogP contribution in [0.3, 0.4) is 0 Å². The van der Waals surface area contributed by atoms with E-state index in [2.05, 4.69) is 38.0 Å². The lowest BCUT2D eigenvalue weighted by molar-refractivity contribution is 0.540. The second-order valence-electron chi connectivity index (χ2n) is 4.38. The van der Waals surface area contributed by atoms with Crippen molar-refractivity contribution in [3.8, 4) is 0 Å². The monoisotopic (exact) mass is 210 g/mol. The Bertz CT molecular complexity index is 332. The molecule has 1 aliphatic rings. The molecule has 1 aliphatic carbocycles. The third kappa shape index (κ3) is 1.98. The first-order valence-corrected chi connectivity index (χ1v) is 6.09. The largest absolute Gasteiger partial charge is 0.306 e. The lowest BCUT2D eigenvalue weighted by Gasteiger charge is -2.11. The quantitative estimate of drug-likeness (QED) is 0.830. The van der Waals surface area contributed by atoms with Gasteiger partial charge in [-0.1, -0.05) is 6.92 Å². The van der Waals surface area contributed by atoms with E-state index in [1.54, 1.807) is 11.3 Å². The summed E-state index contributed by atoms with van der Waals surface area (Å²) in [5.41, 5.74) is 1.24. The topological polar surface area (TPSA) is 24.9 Å². The Kier molecular flexibility index (Phi) is 2.62. The number of hydrogen-bond donors (Lipinski definition) is 1. The van der Waals surface area contributed by atoms with Crippen LogP contribution in [0.2, 0.25) is 0 Å². The molecule has 2 rings (SSSR count). The van der Waals surface area contributed by atoms with Crippen molar-refractivity contribution in [2.24, 2.45) is 5.92 Å². The standard InChI is InChI=1S/C11H18N2S/c1-6-5-10(6)12-7(2)11-8(3)14-9(4)13-11/h6-7,10,12H,5H2,1-4H3. The average molecular weight is 210 g/mol. The van der Waals surface area contributed by atoms with Crippen LogP contribution in [-0.2, 0) is 0 Å². The van der Waals surface area contributed by atoms with E-state index in [9.17, 15) is 0 Å². The summed E-state index contributed by atoms with van der Waals surface area (Å²) >= 11 is 1.79. The van der Waals surface area contributed by atoms with Crippen LogP contribution in [0, 0.1) is 19.8 Å². The minimum atomic E-state index is 0.412. The molecule has 2 nitrogen and oxygen atoms in total. The van der Waals surface area contributed by atoms with E-state index in [1.807, 2.05) is 0 Å². The van der Waals surface area contributed by atoms with Gasteiger partial charge in [-0.05, 0) is 33.1 Å². The molecule has 1 heterocycles. The molecule has 1 saturated carbocycles. The highest BCUT2D eigenvalue weighted by Gasteiger charge is 2.33. The molecule has 1 N–H and O–H groups in total. The molecule has 0 amide bonds. The van der Waals surface area contributed by atoms with E-state index in [1.165, 1.54) is 22.0 Å². The summed E-state index contributed by atoms with van der Waals surface area (Å²) in [4.78, 5) is 5.93. The maximum Gasteiger partial charge on any atom is 0.0900 e. The third-order valence-electron chi connectivity index (χ3n) is 2.92. The van der Waals surface area contributed by atoms with Crippen LogP contribution in [0.5, 0.6) is 0 Å². The number of nitrogens with one attached hydrogen (secondary N) is 1. The van der Waals surface area contributed by atoms with Crippen molar-refractivity contribution in [2.75, 3.05) is 0 Å². The van der Waals surface area contributed by atoms with Gasteiger partial charge in [-0.15, -0.1) is 11.3 Å². The second kappa shape index (κ2) is 3.63. The SMILES string of the molecule is Cc1nc(C(C)NC2CC2C)c(C)s1. The Labute approximate surface area is 89.8 Å². The number of nitrogens with zero attached hydrogens (tertiary/aromatic N) is 1. The number of hydrogen-bond acceptors (Lipinski definition) is 3. The van der Waals surface area contributed by atoms with E-state index in [0.29, 0.717) is 6.04 Å². The molecule has 0 aromatic carbocycles. The maximum atomic E-state index is 4.57. The Hall–Kier alpha value is -0.410. The molecule has 0 saturated heterocycles. The Morgan fingerprint density at radius 3 is 2.57 bits per heavy atom. The maximum absolute atomic E-state index is 4.57. The van der Waals surface area contributed by atoms with Crippen LogP contribution in [0.4, 0.5) is 0 Å².